The lowest BCUT2D eigenvalue weighted by Crippen LogP contribution is -2.23. The summed E-state index contributed by atoms with van der Waals surface area (Å²) >= 11 is 0. The topological polar surface area (TPSA) is 44.8 Å². The Morgan fingerprint density at radius 1 is 1.11 bits per heavy atom. The second kappa shape index (κ2) is 12.8. The van der Waals surface area contributed by atoms with E-state index in [0.29, 0.717) is 6.61 Å². The van der Waals surface area contributed by atoms with Crippen LogP contribution in [0.25, 0.3) is 0 Å². The van der Waals surface area contributed by atoms with Crippen molar-refractivity contribution in [2.45, 2.75) is 45.6 Å². The van der Waals surface area contributed by atoms with E-state index in [1.54, 1.807) is 0 Å². The van der Waals surface area contributed by atoms with Gasteiger partial charge in [0.2, 0.25) is 0 Å². The molecule has 0 atom stereocenters. The van der Waals surface area contributed by atoms with Crippen molar-refractivity contribution in [3.8, 4) is 0 Å². The quantitative estimate of drug-likeness (QED) is 0.237. The van der Waals surface area contributed by atoms with Crippen molar-refractivity contribution in [1.82, 2.24) is 0 Å². The maximum absolute atomic E-state index is 10.8. The summed E-state index contributed by atoms with van der Waals surface area (Å²) in [5, 5.41) is 0. The zero-order valence-corrected chi connectivity index (χ0v) is 12.8. The van der Waals surface area contributed by atoms with Gasteiger partial charge in [0.25, 0.3) is 0 Å². The van der Waals surface area contributed by atoms with Crippen LogP contribution in [0.1, 0.15) is 39.5 Å². The van der Waals surface area contributed by atoms with E-state index in [4.69, 9.17) is 13.6 Å². The Balaban J connectivity index is 3.60. The Morgan fingerprint density at radius 2 is 1.72 bits per heavy atom. The summed E-state index contributed by atoms with van der Waals surface area (Å²) < 4.78 is 16.4. The molecule has 0 fully saturated rings. The third kappa shape index (κ3) is 10.5. The highest BCUT2D eigenvalue weighted by Gasteiger charge is 2.12. The van der Waals surface area contributed by atoms with Gasteiger partial charge in [-0.15, -0.1) is 0 Å². The number of unbranched alkanes of at least 4 members (excludes halogenated alkanes) is 1. The molecule has 0 aromatic heterocycles. The van der Waals surface area contributed by atoms with Gasteiger partial charge in [0.1, 0.15) is 0 Å². The summed E-state index contributed by atoms with van der Waals surface area (Å²) in [5.41, 5.74) is 0. The fraction of sp³-hybridized carbons (Fsp3) is 0.769. The van der Waals surface area contributed by atoms with E-state index in [1.165, 1.54) is 6.08 Å². The molecule has 0 radical (unpaired) electrons. The molecule has 0 aliphatic heterocycles. The van der Waals surface area contributed by atoms with Crippen molar-refractivity contribution >= 4 is 15.3 Å². The lowest BCUT2D eigenvalue weighted by atomic mass is 10.4. The molecule has 18 heavy (non-hydrogen) atoms. The van der Waals surface area contributed by atoms with Crippen molar-refractivity contribution in [3.05, 3.63) is 12.7 Å². The SMILES string of the molecule is C=CC(=O)OCCCC[SiH](OCCC)OCCC. The molecular formula is C13H26O4Si. The molecular weight excluding hydrogens is 248 g/mol. The van der Waals surface area contributed by atoms with Crippen LogP contribution >= 0.6 is 0 Å². The van der Waals surface area contributed by atoms with Gasteiger partial charge in [-0.1, -0.05) is 20.4 Å². The van der Waals surface area contributed by atoms with Crippen LogP contribution in [0.3, 0.4) is 0 Å². The molecule has 0 unspecified atom stereocenters. The molecule has 0 rings (SSSR count). The third-order valence-electron chi connectivity index (χ3n) is 2.26. The van der Waals surface area contributed by atoms with Crippen LogP contribution in [0, 0.1) is 0 Å². The minimum absolute atomic E-state index is 0.353. The monoisotopic (exact) mass is 274 g/mol. The number of carbonyl (C=O) groups is 1. The molecule has 0 aliphatic rings. The first-order chi connectivity index (χ1) is 8.74. The van der Waals surface area contributed by atoms with Gasteiger partial charge in [-0.25, -0.2) is 4.79 Å². The highest BCUT2D eigenvalue weighted by atomic mass is 28.3. The van der Waals surface area contributed by atoms with Crippen LogP contribution < -0.4 is 0 Å². The molecule has 0 bridgehead atoms. The fourth-order valence-corrected chi connectivity index (χ4v) is 3.41. The van der Waals surface area contributed by atoms with Gasteiger partial charge in [-0.3, -0.25) is 0 Å². The molecule has 0 saturated heterocycles. The molecule has 0 saturated carbocycles. The average Bonchev–Trinajstić information content (AvgIpc) is 2.40. The summed E-state index contributed by atoms with van der Waals surface area (Å²) in [6.07, 6.45) is 5.07. The zero-order valence-electron chi connectivity index (χ0n) is 11.7. The van der Waals surface area contributed by atoms with Crippen LogP contribution in [-0.2, 0) is 18.4 Å². The minimum Gasteiger partial charge on any atom is -0.463 e. The van der Waals surface area contributed by atoms with E-state index >= 15 is 0 Å². The Bertz CT molecular complexity index is 213. The van der Waals surface area contributed by atoms with E-state index in [9.17, 15) is 4.79 Å². The van der Waals surface area contributed by atoms with Crippen LogP contribution in [0.5, 0.6) is 0 Å². The van der Waals surface area contributed by atoms with Gasteiger partial charge < -0.3 is 13.6 Å². The molecule has 0 N–H and O–H groups in total. The molecule has 0 amide bonds. The van der Waals surface area contributed by atoms with Crippen molar-refractivity contribution in [2.75, 3.05) is 19.8 Å². The standard InChI is InChI=1S/C13H26O4Si/c1-4-9-16-18(17-10-5-2)12-8-7-11-15-13(14)6-3/h6,18H,3-5,7-12H2,1-2H3. The molecule has 0 aromatic carbocycles. The summed E-state index contributed by atoms with van der Waals surface area (Å²) in [7, 11) is -1.50. The number of hydrogen-bond donors (Lipinski definition) is 0. The average molecular weight is 274 g/mol. The third-order valence-corrected chi connectivity index (χ3v) is 4.36. The van der Waals surface area contributed by atoms with Gasteiger partial charge >= 0.3 is 15.3 Å². The summed E-state index contributed by atoms with van der Waals surface area (Å²) in [6, 6.07) is 0.978. The van der Waals surface area contributed by atoms with E-state index in [2.05, 4.69) is 20.4 Å². The van der Waals surface area contributed by atoms with E-state index in [-0.39, 0.29) is 5.97 Å². The Hall–Kier alpha value is -0.653. The van der Waals surface area contributed by atoms with Gasteiger partial charge in [-0.2, -0.15) is 0 Å². The molecule has 5 heteroatoms. The van der Waals surface area contributed by atoms with E-state index in [0.717, 1.165) is 44.9 Å². The number of esters is 1. The number of ether oxygens (including phenoxy) is 1. The first-order valence-corrected chi connectivity index (χ1v) is 8.52. The highest BCUT2D eigenvalue weighted by Crippen LogP contribution is 2.06. The number of carbonyl (C=O) groups excluding carboxylic acids is 1. The molecule has 0 heterocycles. The fourth-order valence-electron chi connectivity index (χ4n) is 1.36. The van der Waals surface area contributed by atoms with Crippen LogP contribution in [-0.4, -0.2) is 35.1 Å². The molecule has 0 spiro atoms. The first-order valence-electron chi connectivity index (χ1n) is 6.77. The van der Waals surface area contributed by atoms with E-state index < -0.39 is 9.28 Å². The van der Waals surface area contributed by atoms with Crippen LogP contribution in [0.4, 0.5) is 0 Å². The number of rotatable bonds is 12. The molecule has 0 aliphatic carbocycles. The second-order valence-electron chi connectivity index (χ2n) is 4.04. The minimum atomic E-state index is -1.50. The van der Waals surface area contributed by atoms with Gasteiger partial charge in [-0.05, 0) is 31.7 Å². The van der Waals surface area contributed by atoms with Gasteiger partial charge in [0.15, 0.2) is 0 Å². The Kier molecular flexibility index (Phi) is 12.3. The second-order valence-corrected chi connectivity index (χ2v) is 6.14. The smallest absolute Gasteiger partial charge is 0.330 e. The van der Waals surface area contributed by atoms with Crippen molar-refractivity contribution in [1.29, 1.82) is 0 Å². The normalized spacial score (nSPS) is 10.6. The predicted octanol–water partition coefficient (Wildman–Crippen LogP) is 2.57. The zero-order chi connectivity index (χ0) is 13.6. The van der Waals surface area contributed by atoms with E-state index in [1.807, 2.05) is 0 Å². The van der Waals surface area contributed by atoms with Gasteiger partial charge in [0.05, 0.1) is 6.61 Å². The highest BCUT2D eigenvalue weighted by molar-refractivity contribution is 6.44. The maximum Gasteiger partial charge on any atom is 0.330 e. The molecule has 106 valence electrons. The van der Waals surface area contributed by atoms with Crippen molar-refractivity contribution in [3.63, 3.8) is 0 Å². The van der Waals surface area contributed by atoms with Gasteiger partial charge in [0, 0.05) is 19.3 Å². The first kappa shape index (κ1) is 17.3. The lowest BCUT2D eigenvalue weighted by molar-refractivity contribution is -0.137. The largest absolute Gasteiger partial charge is 0.463 e. The molecule has 4 nitrogen and oxygen atoms in total. The van der Waals surface area contributed by atoms with Crippen molar-refractivity contribution < 1.29 is 18.4 Å². The lowest BCUT2D eigenvalue weighted by Gasteiger charge is -2.15. The maximum atomic E-state index is 10.8. The van der Waals surface area contributed by atoms with Crippen LogP contribution in [0.15, 0.2) is 12.7 Å². The van der Waals surface area contributed by atoms with Crippen LogP contribution in [0.2, 0.25) is 6.04 Å². The predicted molar refractivity (Wildman–Crippen MR) is 74.8 cm³/mol. The van der Waals surface area contributed by atoms with Crippen molar-refractivity contribution in [2.24, 2.45) is 0 Å². The summed E-state index contributed by atoms with van der Waals surface area (Å²) in [6.45, 7) is 9.56. The Morgan fingerprint density at radius 3 is 2.22 bits per heavy atom. The Labute approximate surface area is 112 Å². The molecule has 0 aromatic rings. The summed E-state index contributed by atoms with van der Waals surface area (Å²) in [5.74, 6) is -0.353. The number of hydrogen-bond acceptors (Lipinski definition) is 4. The summed E-state index contributed by atoms with van der Waals surface area (Å²) in [4.78, 5) is 10.8.